The van der Waals surface area contributed by atoms with Crippen molar-refractivity contribution >= 4 is 29.1 Å². The van der Waals surface area contributed by atoms with Gasteiger partial charge in [0.15, 0.2) is 0 Å². The molecule has 1 aromatic rings. The second-order valence-corrected chi connectivity index (χ2v) is 7.39. The number of nitrogens with zero attached hydrogens (tertiary/aromatic N) is 3. The molecular weight excluding hydrogens is 326 g/mol. The van der Waals surface area contributed by atoms with Crippen LogP contribution in [0.5, 0.6) is 0 Å². The number of likely N-dealkylation sites (N-methyl/N-ethyl adjacent to an activating group) is 1. The summed E-state index contributed by atoms with van der Waals surface area (Å²) in [4.78, 5) is 42.4. The van der Waals surface area contributed by atoms with Crippen LogP contribution in [0.2, 0.25) is 0 Å². The van der Waals surface area contributed by atoms with Crippen molar-refractivity contribution in [1.29, 1.82) is 0 Å². The van der Waals surface area contributed by atoms with E-state index >= 15 is 0 Å². The third-order valence-electron chi connectivity index (χ3n) is 4.82. The molecule has 0 radical (unpaired) electrons. The summed E-state index contributed by atoms with van der Waals surface area (Å²) in [6.45, 7) is 2.28. The molecule has 0 spiro atoms. The van der Waals surface area contributed by atoms with Crippen LogP contribution in [0.25, 0.3) is 0 Å². The quantitative estimate of drug-likeness (QED) is 0.826. The minimum atomic E-state index is -0.115. The molecular formula is C17H23N3O3S. The fourth-order valence-corrected chi connectivity index (χ4v) is 4.16. The molecule has 2 aliphatic rings. The van der Waals surface area contributed by atoms with Crippen LogP contribution in [0, 0.1) is 0 Å². The molecule has 2 aliphatic heterocycles. The molecule has 1 aromatic heterocycles. The summed E-state index contributed by atoms with van der Waals surface area (Å²) in [5, 5.41) is 1.85. The minimum absolute atomic E-state index is 0.0198. The lowest BCUT2D eigenvalue weighted by Crippen LogP contribution is -2.49. The van der Waals surface area contributed by atoms with Crippen LogP contribution in [0.1, 0.15) is 35.4 Å². The Bertz CT molecular complexity index is 609. The van der Waals surface area contributed by atoms with Gasteiger partial charge >= 0.3 is 0 Å². The first-order chi connectivity index (χ1) is 11.6. The number of carbonyl (C=O) groups excluding carboxylic acids is 3. The van der Waals surface area contributed by atoms with E-state index < -0.39 is 0 Å². The zero-order chi connectivity index (χ0) is 17.1. The molecule has 0 atom stereocenters. The molecule has 3 rings (SSSR count). The smallest absolute Gasteiger partial charge is 0.264 e. The van der Waals surface area contributed by atoms with Gasteiger partial charge in [0.2, 0.25) is 11.8 Å². The normalized spacial score (nSPS) is 19.0. The molecule has 6 nitrogen and oxygen atoms in total. The minimum Gasteiger partial charge on any atom is -0.341 e. The fraction of sp³-hybridized carbons (Fsp3) is 0.588. The van der Waals surface area contributed by atoms with Crippen molar-refractivity contribution in [2.45, 2.75) is 31.7 Å². The van der Waals surface area contributed by atoms with Crippen molar-refractivity contribution in [1.82, 2.24) is 14.7 Å². The van der Waals surface area contributed by atoms with E-state index in [0.717, 1.165) is 25.8 Å². The van der Waals surface area contributed by atoms with E-state index in [9.17, 15) is 14.4 Å². The van der Waals surface area contributed by atoms with Gasteiger partial charge in [0.25, 0.3) is 5.91 Å². The maximum absolute atomic E-state index is 12.4. The van der Waals surface area contributed by atoms with Crippen LogP contribution >= 0.6 is 11.3 Å². The van der Waals surface area contributed by atoms with Crippen molar-refractivity contribution in [3.8, 4) is 0 Å². The van der Waals surface area contributed by atoms with Gasteiger partial charge in [0.05, 0.1) is 11.4 Å². The largest absolute Gasteiger partial charge is 0.341 e. The van der Waals surface area contributed by atoms with E-state index in [2.05, 4.69) is 0 Å². The average molecular weight is 349 g/mol. The van der Waals surface area contributed by atoms with E-state index in [0.29, 0.717) is 24.4 Å². The zero-order valence-corrected chi connectivity index (χ0v) is 14.8. The highest BCUT2D eigenvalue weighted by Gasteiger charge is 2.32. The lowest BCUT2D eigenvalue weighted by Gasteiger charge is -2.37. The highest BCUT2D eigenvalue weighted by atomic mass is 32.1. The van der Waals surface area contributed by atoms with Crippen molar-refractivity contribution < 1.29 is 14.4 Å². The number of carbonyl (C=O) groups is 3. The molecule has 7 heteroatoms. The Hall–Kier alpha value is -1.89. The summed E-state index contributed by atoms with van der Waals surface area (Å²) >= 11 is 1.38. The Morgan fingerprint density at radius 3 is 2.62 bits per heavy atom. The molecule has 24 heavy (non-hydrogen) atoms. The predicted octanol–water partition coefficient (Wildman–Crippen LogP) is 1.43. The van der Waals surface area contributed by atoms with Crippen molar-refractivity contribution in [3.63, 3.8) is 0 Å². The summed E-state index contributed by atoms with van der Waals surface area (Å²) in [5.74, 6) is 0.116. The van der Waals surface area contributed by atoms with E-state index in [1.807, 2.05) is 21.2 Å². The van der Waals surface area contributed by atoms with Crippen LogP contribution in [-0.2, 0) is 9.59 Å². The lowest BCUT2D eigenvalue weighted by atomic mass is 10.0. The Balaban J connectivity index is 1.48. The van der Waals surface area contributed by atoms with Crippen molar-refractivity contribution in [3.05, 3.63) is 22.4 Å². The van der Waals surface area contributed by atoms with Gasteiger partial charge in [-0.1, -0.05) is 6.07 Å². The summed E-state index contributed by atoms with van der Waals surface area (Å²) in [6.07, 6.45) is 3.28. The van der Waals surface area contributed by atoms with E-state index in [1.54, 1.807) is 13.1 Å². The predicted molar refractivity (Wildman–Crippen MR) is 91.8 cm³/mol. The van der Waals surface area contributed by atoms with E-state index in [1.165, 1.54) is 16.2 Å². The number of amides is 3. The maximum Gasteiger partial charge on any atom is 0.264 e. The number of hydrogen-bond donors (Lipinski definition) is 0. The molecule has 130 valence electrons. The number of thiophene rings is 1. The molecule has 0 bridgehead atoms. The fourth-order valence-electron chi connectivity index (χ4n) is 3.45. The monoisotopic (exact) mass is 349 g/mol. The third-order valence-corrected chi connectivity index (χ3v) is 5.68. The molecule has 0 aliphatic carbocycles. The van der Waals surface area contributed by atoms with Crippen LogP contribution < -0.4 is 0 Å². The molecule has 3 heterocycles. The standard InChI is InChI=1S/C17H23N3O3S/c1-18(17(23)14-4-3-11-24-14)12-16(22)19-9-6-13(7-10-19)20-8-2-5-15(20)21/h3-4,11,13H,2,5-10,12H2,1H3. The summed E-state index contributed by atoms with van der Waals surface area (Å²) in [7, 11) is 1.66. The first-order valence-corrected chi connectivity index (χ1v) is 9.30. The molecule has 3 amide bonds. The number of rotatable bonds is 4. The Kier molecular flexibility index (Phi) is 5.18. The molecule has 2 fully saturated rings. The topological polar surface area (TPSA) is 60.9 Å². The van der Waals surface area contributed by atoms with Crippen LogP contribution in [0.3, 0.4) is 0 Å². The SMILES string of the molecule is CN(CC(=O)N1CCC(N2CCCC2=O)CC1)C(=O)c1cccs1. The first kappa shape index (κ1) is 17.0. The van der Waals surface area contributed by atoms with Gasteiger partial charge < -0.3 is 14.7 Å². The second-order valence-electron chi connectivity index (χ2n) is 6.44. The zero-order valence-electron chi connectivity index (χ0n) is 13.9. The second kappa shape index (κ2) is 7.34. The average Bonchev–Trinajstić information content (AvgIpc) is 3.25. The molecule has 0 aromatic carbocycles. The third kappa shape index (κ3) is 3.61. The van der Waals surface area contributed by atoms with Crippen LogP contribution in [-0.4, -0.2) is 71.7 Å². The number of likely N-dealkylation sites (tertiary alicyclic amines) is 2. The van der Waals surface area contributed by atoms with Crippen molar-refractivity contribution in [2.24, 2.45) is 0 Å². The molecule has 0 unspecified atom stereocenters. The lowest BCUT2D eigenvalue weighted by molar-refractivity contribution is -0.134. The first-order valence-electron chi connectivity index (χ1n) is 8.42. The molecule has 2 saturated heterocycles. The van der Waals surface area contributed by atoms with Crippen LogP contribution in [0.15, 0.2) is 17.5 Å². The van der Waals surface area contributed by atoms with Crippen LogP contribution in [0.4, 0.5) is 0 Å². The van der Waals surface area contributed by atoms with Gasteiger partial charge in [-0.2, -0.15) is 0 Å². The van der Waals surface area contributed by atoms with Crippen molar-refractivity contribution in [2.75, 3.05) is 33.2 Å². The number of hydrogen-bond acceptors (Lipinski definition) is 4. The van der Waals surface area contributed by atoms with Gasteiger partial charge in [-0.05, 0) is 30.7 Å². The molecule has 0 saturated carbocycles. The summed E-state index contributed by atoms with van der Waals surface area (Å²) in [6, 6.07) is 3.87. The maximum atomic E-state index is 12.4. The number of piperidine rings is 1. The Morgan fingerprint density at radius 1 is 1.29 bits per heavy atom. The van der Waals surface area contributed by atoms with Gasteiger partial charge in [0, 0.05) is 39.1 Å². The Labute approximate surface area is 146 Å². The van der Waals surface area contributed by atoms with Gasteiger partial charge in [-0.3, -0.25) is 14.4 Å². The van der Waals surface area contributed by atoms with E-state index in [4.69, 9.17) is 0 Å². The van der Waals surface area contributed by atoms with E-state index in [-0.39, 0.29) is 30.3 Å². The molecule has 0 N–H and O–H groups in total. The Morgan fingerprint density at radius 2 is 2.04 bits per heavy atom. The van der Waals surface area contributed by atoms with Gasteiger partial charge in [-0.25, -0.2) is 0 Å². The van der Waals surface area contributed by atoms with Gasteiger partial charge in [-0.15, -0.1) is 11.3 Å². The summed E-state index contributed by atoms with van der Waals surface area (Å²) in [5.41, 5.74) is 0. The van der Waals surface area contributed by atoms with Gasteiger partial charge in [0.1, 0.15) is 0 Å². The highest BCUT2D eigenvalue weighted by molar-refractivity contribution is 7.12. The summed E-state index contributed by atoms with van der Waals surface area (Å²) < 4.78 is 0. The highest BCUT2D eigenvalue weighted by Crippen LogP contribution is 2.22.